The highest BCUT2D eigenvalue weighted by molar-refractivity contribution is 7.98. The van der Waals surface area contributed by atoms with Crippen molar-refractivity contribution in [2.24, 2.45) is 0 Å². The van der Waals surface area contributed by atoms with Gasteiger partial charge in [-0.25, -0.2) is 9.97 Å². The molecule has 0 aliphatic heterocycles. The van der Waals surface area contributed by atoms with Crippen molar-refractivity contribution in [3.05, 3.63) is 69.9 Å². The van der Waals surface area contributed by atoms with Gasteiger partial charge in [0.15, 0.2) is 5.16 Å². The molecule has 8 heteroatoms. The van der Waals surface area contributed by atoms with Gasteiger partial charge in [0.25, 0.3) is 5.56 Å². The molecule has 0 bridgehead atoms. The van der Waals surface area contributed by atoms with Crippen LogP contribution >= 0.6 is 23.4 Å². The molecule has 144 valence electrons. The molecular formula is C20H19ClN4O2S. The summed E-state index contributed by atoms with van der Waals surface area (Å²) in [6, 6.07) is 11.1. The summed E-state index contributed by atoms with van der Waals surface area (Å²) in [6.45, 7) is 1.13. The van der Waals surface area contributed by atoms with Gasteiger partial charge >= 0.3 is 0 Å². The summed E-state index contributed by atoms with van der Waals surface area (Å²) < 4.78 is 8.84. The molecule has 3 aromatic heterocycles. The Labute approximate surface area is 171 Å². The standard InChI is InChI=1S/C20H19ClN4O2S/c1-27-10-4-9-25-19(26)16-7-6-14(21)11-17(16)23-20(25)28-13-15-12-24-8-3-2-5-18(24)22-15/h2-3,5-8,11-12H,4,9-10,13H2,1H3. The minimum atomic E-state index is -0.0599. The van der Waals surface area contributed by atoms with Gasteiger partial charge in [0.1, 0.15) is 5.65 Å². The number of methoxy groups -OCH3 is 1. The summed E-state index contributed by atoms with van der Waals surface area (Å²) in [5, 5.41) is 1.79. The third kappa shape index (κ3) is 3.92. The van der Waals surface area contributed by atoms with Gasteiger partial charge < -0.3 is 9.14 Å². The topological polar surface area (TPSA) is 61.4 Å². The quantitative estimate of drug-likeness (QED) is 0.259. The lowest BCUT2D eigenvalue weighted by Crippen LogP contribution is -2.24. The van der Waals surface area contributed by atoms with Crippen LogP contribution in [0.3, 0.4) is 0 Å². The Balaban J connectivity index is 1.68. The first-order chi connectivity index (χ1) is 13.7. The van der Waals surface area contributed by atoms with Crippen LogP contribution in [-0.2, 0) is 17.0 Å². The molecule has 0 aliphatic carbocycles. The number of ether oxygens (including phenoxy) is 1. The van der Waals surface area contributed by atoms with Gasteiger partial charge in [-0.05, 0) is 36.8 Å². The Morgan fingerprint density at radius 1 is 1.21 bits per heavy atom. The molecule has 0 unspecified atom stereocenters. The number of thioether (sulfide) groups is 1. The number of aromatic nitrogens is 4. The summed E-state index contributed by atoms with van der Waals surface area (Å²) in [6.07, 6.45) is 4.69. The summed E-state index contributed by atoms with van der Waals surface area (Å²) in [4.78, 5) is 22.3. The second-order valence-electron chi connectivity index (χ2n) is 6.35. The van der Waals surface area contributed by atoms with Crippen LogP contribution in [0.5, 0.6) is 0 Å². The van der Waals surface area contributed by atoms with Crippen molar-refractivity contribution in [1.82, 2.24) is 18.9 Å². The van der Waals surface area contributed by atoms with Crippen LogP contribution in [0.15, 0.2) is 58.7 Å². The van der Waals surface area contributed by atoms with Crippen LogP contribution in [0.25, 0.3) is 16.6 Å². The Morgan fingerprint density at radius 2 is 2.11 bits per heavy atom. The van der Waals surface area contributed by atoms with Crippen molar-refractivity contribution in [3.63, 3.8) is 0 Å². The smallest absolute Gasteiger partial charge is 0.262 e. The van der Waals surface area contributed by atoms with E-state index in [1.165, 1.54) is 11.8 Å². The van der Waals surface area contributed by atoms with Crippen molar-refractivity contribution in [1.29, 1.82) is 0 Å². The molecule has 6 nitrogen and oxygen atoms in total. The lowest BCUT2D eigenvalue weighted by molar-refractivity contribution is 0.189. The van der Waals surface area contributed by atoms with E-state index in [1.54, 1.807) is 29.9 Å². The largest absolute Gasteiger partial charge is 0.385 e. The fourth-order valence-electron chi connectivity index (χ4n) is 3.04. The maximum Gasteiger partial charge on any atom is 0.262 e. The second kappa shape index (κ2) is 8.34. The highest BCUT2D eigenvalue weighted by atomic mass is 35.5. The van der Waals surface area contributed by atoms with E-state index in [0.29, 0.717) is 40.0 Å². The van der Waals surface area contributed by atoms with Crippen molar-refractivity contribution >= 4 is 39.9 Å². The van der Waals surface area contributed by atoms with Crippen LogP contribution in [-0.4, -0.2) is 32.7 Å². The van der Waals surface area contributed by atoms with Gasteiger partial charge in [-0.1, -0.05) is 29.4 Å². The summed E-state index contributed by atoms with van der Waals surface area (Å²) >= 11 is 7.60. The maximum absolute atomic E-state index is 13.0. The second-order valence-corrected chi connectivity index (χ2v) is 7.72. The number of benzene rings is 1. The lowest BCUT2D eigenvalue weighted by atomic mass is 10.2. The zero-order chi connectivity index (χ0) is 19.5. The van der Waals surface area contributed by atoms with Crippen LogP contribution < -0.4 is 5.56 Å². The van der Waals surface area contributed by atoms with E-state index in [9.17, 15) is 4.79 Å². The molecule has 0 saturated carbocycles. The minimum Gasteiger partial charge on any atom is -0.385 e. The third-order valence-electron chi connectivity index (χ3n) is 4.38. The third-order valence-corrected chi connectivity index (χ3v) is 5.62. The number of fused-ring (bicyclic) bond motifs is 2. The molecule has 0 amide bonds. The maximum atomic E-state index is 13.0. The number of hydrogen-bond donors (Lipinski definition) is 0. The average Bonchev–Trinajstić information content (AvgIpc) is 3.11. The number of rotatable bonds is 7. The molecule has 1 aromatic carbocycles. The molecule has 0 N–H and O–H groups in total. The monoisotopic (exact) mass is 414 g/mol. The molecule has 0 fully saturated rings. The number of nitrogens with zero attached hydrogens (tertiary/aromatic N) is 4. The molecular weight excluding hydrogens is 396 g/mol. The van der Waals surface area contributed by atoms with E-state index in [1.807, 2.05) is 35.0 Å². The van der Waals surface area contributed by atoms with Gasteiger partial charge in [-0.3, -0.25) is 9.36 Å². The number of imidazole rings is 1. The predicted octanol–water partition coefficient (Wildman–Crippen LogP) is 4.03. The average molecular weight is 415 g/mol. The summed E-state index contributed by atoms with van der Waals surface area (Å²) in [5.41, 5.74) is 2.38. The van der Waals surface area contributed by atoms with Gasteiger partial charge in [0.05, 0.1) is 16.6 Å². The van der Waals surface area contributed by atoms with Crippen LogP contribution in [0.4, 0.5) is 0 Å². The zero-order valence-electron chi connectivity index (χ0n) is 15.3. The van der Waals surface area contributed by atoms with Crippen LogP contribution in [0, 0.1) is 0 Å². The minimum absolute atomic E-state index is 0.0599. The lowest BCUT2D eigenvalue weighted by Gasteiger charge is -2.12. The van der Waals surface area contributed by atoms with Gasteiger partial charge in [-0.15, -0.1) is 0 Å². The fourth-order valence-corrected chi connectivity index (χ4v) is 4.12. The molecule has 3 heterocycles. The van der Waals surface area contributed by atoms with Crippen LogP contribution in [0.1, 0.15) is 12.1 Å². The molecule has 28 heavy (non-hydrogen) atoms. The Bertz CT molecular complexity index is 1150. The molecule has 0 atom stereocenters. The first kappa shape index (κ1) is 19.0. The van der Waals surface area contributed by atoms with Crippen molar-refractivity contribution in [2.45, 2.75) is 23.9 Å². The van der Waals surface area contributed by atoms with Crippen molar-refractivity contribution in [2.75, 3.05) is 13.7 Å². The van der Waals surface area contributed by atoms with Crippen molar-refractivity contribution < 1.29 is 4.74 Å². The van der Waals surface area contributed by atoms with E-state index >= 15 is 0 Å². The summed E-state index contributed by atoms with van der Waals surface area (Å²) in [5.74, 6) is 0.616. The van der Waals surface area contributed by atoms with Gasteiger partial charge in [-0.2, -0.15) is 0 Å². The van der Waals surface area contributed by atoms with E-state index in [2.05, 4.69) is 4.98 Å². The summed E-state index contributed by atoms with van der Waals surface area (Å²) in [7, 11) is 1.66. The first-order valence-corrected chi connectivity index (χ1v) is 10.3. The Kier molecular flexibility index (Phi) is 5.66. The van der Waals surface area contributed by atoms with E-state index < -0.39 is 0 Å². The molecule has 0 aliphatic rings. The van der Waals surface area contributed by atoms with Gasteiger partial charge in [0, 0.05) is 43.4 Å². The molecule has 0 radical (unpaired) electrons. The number of halogens is 1. The van der Waals surface area contributed by atoms with E-state index in [4.69, 9.17) is 21.3 Å². The number of pyridine rings is 1. The highest BCUT2D eigenvalue weighted by Gasteiger charge is 2.13. The zero-order valence-corrected chi connectivity index (χ0v) is 16.9. The molecule has 4 aromatic rings. The normalized spacial score (nSPS) is 11.5. The Hall–Kier alpha value is -2.35. The number of hydrogen-bond acceptors (Lipinski definition) is 5. The molecule has 0 spiro atoms. The molecule has 4 rings (SSSR count). The Morgan fingerprint density at radius 3 is 2.93 bits per heavy atom. The first-order valence-electron chi connectivity index (χ1n) is 8.90. The highest BCUT2D eigenvalue weighted by Crippen LogP contribution is 2.23. The molecule has 0 saturated heterocycles. The fraction of sp³-hybridized carbons (Fsp3) is 0.250. The SMILES string of the molecule is COCCCn1c(SCc2cn3ccccc3n2)nc2cc(Cl)ccc2c1=O. The predicted molar refractivity (Wildman–Crippen MR) is 112 cm³/mol. The van der Waals surface area contributed by atoms with Crippen molar-refractivity contribution in [3.8, 4) is 0 Å². The van der Waals surface area contributed by atoms with Crippen LogP contribution in [0.2, 0.25) is 5.02 Å². The van der Waals surface area contributed by atoms with E-state index in [0.717, 1.165) is 17.8 Å². The van der Waals surface area contributed by atoms with E-state index in [-0.39, 0.29) is 5.56 Å². The van der Waals surface area contributed by atoms with Gasteiger partial charge in [0.2, 0.25) is 0 Å².